The van der Waals surface area contributed by atoms with E-state index >= 15 is 0 Å². The Hall–Kier alpha value is 0.793. The van der Waals surface area contributed by atoms with Crippen molar-refractivity contribution in [3.63, 3.8) is 0 Å². The van der Waals surface area contributed by atoms with Crippen molar-refractivity contribution in [3.8, 4) is 0 Å². The summed E-state index contributed by atoms with van der Waals surface area (Å²) in [7, 11) is 0. The third kappa shape index (κ3) is 267. The van der Waals surface area contributed by atoms with Crippen LogP contribution >= 0.6 is 0 Å². The number of unbranched alkanes of at least 4 members (excludes halogenated alkanes) is 9. The van der Waals surface area contributed by atoms with Crippen molar-refractivity contribution >= 4 is 0 Å². The van der Waals surface area contributed by atoms with Crippen LogP contribution in [0.1, 0.15) is 71.1 Å². The van der Waals surface area contributed by atoms with Crippen LogP contribution in [0.3, 0.4) is 0 Å². The third-order valence-corrected chi connectivity index (χ3v) is 2.56. The first kappa shape index (κ1) is 43.8. The van der Waals surface area contributed by atoms with Gasteiger partial charge in [0.2, 0.25) is 0 Å². The number of hydrogen-bond acceptors (Lipinski definition) is 9. The van der Waals surface area contributed by atoms with E-state index in [1.807, 2.05) is 0 Å². The molecule has 0 aromatic heterocycles. The third-order valence-electron chi connectivity index (χ3n) is 2.56. The van der Waals surface area contributed by atoms with Gasteiger partial charge in [-0.1, -0.05) is 64.7 Å². The molecule has 0 aliphatic carbocycles. The summed E-state index contributed by atoms with van der Waals surface area (Å²) < 4.78 is 128. The summed E-state index contributed by atoms with van der Waals surface area (Å²) in [6.45, 7) is 3.14. The van der Waals surface area contributed by atoms with Gasteiger partial charge in [0.1, 0.15) is 0 Å². The molecule has 0 aliphatic rings. The van der Waals surface area contributed by atoms with E-state index in [-0.39, 0.29) is 0 Å². The molecule has 0 heterocycles. The maximum atomic E-state index is 8.85. The normalized spacial score (nSPS) is 11.2. The predicted molar refractivity (Wildman–Crippen MR) is 84.1 cm³/mol. The van der Waals surface area contributed by atoms with E-state index in [0.29, 0.717) is 0 Å². The molecule has 0 aromatic rings. The average Bonchev–Trinajstić information content (AvgIpc) is 2.47. The Balaban J connectivity index is -0.000000109. The van der Waals surface area contributed by atoms with Gasteiger partial charge in [-0.3, -0.25) is 0 Å². The first-order valence-electron chi connectivity index (χ1n) is 8.91. The standard InChI is InChI=1S/C12H27N.4Mo.8H2O.8O/c1-2-3-4-5-6-7-8-9-10-11-12-13;;;;;;;;;;;;;;;;;;;;/h2-13H2,1H3;;;;;8*1H2;;;;;;;;/q;4*+2;;;;;;;;;;;;;;;;/p-8. The van der Waals surface area contributed by atoms with Crippen LogP contribution in [0.2, 0.25) is 0 Å². The second kappa shape index (κ2) is 25.9. The van der Waals surface area contributed by atoms with E-state index in [9.17, 15) is 0 Å². The monoisotopic (exact) mass is 841 g/mol. The van der Waals surface area contributed by atoms with E-state index in [4.69, 9.17) is 63.0 Å². The fourth-order valence-electron chi connectivity index (χ4n) is 1.63. The number of hydrogen-bond donors (Lipinski definition) is 9. The Morgan fingerprint density at radius 3 is 0.727 bits per heavy atom. The minimum absolute atomic E-state index is 0.872. The Morgan fingerprint density at radius 2 is 0.576 bits per heavy atom. The van der Waals surface area contributed by atoms with Gasteiger partial charge in [0.25, 0.3) is 0 Å². The summed E-state index contributed by atoms with van der Waals surface area (Å²) in [5.41, 5.74) is 5.42. The van der Waals surface area contributed by atoms with Crippen molar-refractivity contribution < 1.29 is 124 Å². The van der Waals surface area contributed by atoms with Gasteiger partial charge in [-0.05, 0) is 13.0 Å². The number of rotatable bonds is 10. The van der Waals surface area contributed by atoms with Crippen molar-refractivity contribution in [2.45, 2.75) is 71.1 Å². The topological polar surface area (TPSA) is 324 Å². The molecule has 0 radical (unpaired) electrons. The van der Waals surface area contributed by atoms with Gasteiger partial charge < -0.3 is 5.73 Å². The van der Waals surface area contributed by atoms with Crippen LogP contribution in [0, 0.1) is 0 Å². The Morgan fingerprint density at radius 1 is 0.424 bits per heavy atom. The zero-order valence-electron chi connectivity index (χ0n) is 17.8. The molecule has 0 unspecified atom stereocenters. The molecule has 33 heavy (non-hydrogen) atoms. The van der Waals surface area contributed by atoms with Crippen LogP contribution in [0.15, 0.2) is 0 Å². The Labute approximate surface area is 206 Å². The van der Waals surface area contributed by atoms with Crippen LogP contribution in [0.25, 0.3) is 0 Å². The van der Waals surface area contributed by atoms with Gasteiger partial charge in [0.05, 0.1) is 0 Å². The Bertz CT molecular complexity index is 659. The Kier molecular flexibility index (Phi) is 34.4. The van der Waals surface area contributed by atoms with Gasteiger partial charge >= 0.3 is 124 Å². The first-order valence-corrected chi connectivity index (χ1v) is 22.6. The molecule has 0 aliphatic heterocycles. The fraction of sp³-hybridized carbons (Fsp3) is 1.00. The second-order valence-electron chi connectivity index (χ2n) is 5.76. The molecule has 208 valence electrons. The second-order valence-corrected chi connectivity index (χ2v) is 14.6. The van der Waals surface area contributed by atoms with Crippen molar-refractivity contribution in [3.05, 3.63) is 0 Å². The molecule has 0 saturated heterocycles. The first-order chi connectivity index (χ1) is 14.4. The van der Waals surface area contributed by atoms with Crippen molar-refractivity contribution in [2.24, 2.45) is 5.73 Å². The summed E-state index contributed by atoms with van der Waals surface area (Å²) in [5, 5.41) is 0. The zero-order chi connectivity index (χ0) is 27.8. The quantitative estimate of drug-likeness (QED) is 0.0889. The van der Waals surface area contributed by atoms with E-state index in [1.54, 1.807) is 0 Å². The molecular weight excluding hydrogens is 798 g/mol. The predicted octanol–water partition coefficient (Wildman–Crippen LogP) is -1.55. The van der Waals surface area contributed by atoms with Gasteiger partial charge in [-0.15, -0.1) is 0 Å². The van der Waals surface area contributed by atoms with Crippen LogP contribution in [-0.2, 0) is 94.2 Å². The van der Waals surface area contributed by atoms with Crippen LogP contribution in [-0.4, -0.2) is 36.6 Å². The molecule has 0 atom stereocenters. The molecule has 0 spiro atoms. The van der Waals surface area contributed by atoms with E-state index in [2.05, 4.69) is 6.92 Å². The van der Waals surface area contributed by atoms with Crippen molar-refractivity contribution in [1.82, 2.24) is 0 Å². The molecule has 0 saturated carbocycles. The average molecular weight is 833 g/mol. The van der Waals surface area contributed by atoms with Gasteiger partial charge in [-0.25, -0.2) is 0 Å². The summed E-state index contributed by atoms with van der Waals surface area (Å²) >= 11 is -22.1. The summed E-state index contributed by atoms with van der Waals surface area (Å²) in [6.07, 6.45) is 13.9. The fourth-order valence-corrected chi connectivity index (χ4v) is 1.63. The molecule has 17 nitrogen and oxygen atoms in total. The van der Waals surface area contributed by atoms with Crippen molar-refractivity contribution in [2.75, 3.05) is 6.54 Å². The molecule has 21 heteroatoms. The molecule has 0 aromatic carbocycles. The van der Waals surface area contributed by atoms with E-state index < -0.39 is 67.0 Å². The molecule has 0 amide bonds. The van der Waals surface area contributed by atoms with Crippen LogP contribution < -0.4 is 5.73 Å². The van der Waals surface area contributed by atoms with Gasteiger partial charge in [0.15, 0.2) is 0 Å². The molecule has 0 rings (SSSR count). The van der Waals surface area contributed by atoms with Crippen LogP contribution in [0.4, 0.5) is 0 Å². The molecule has 0 fully saturated rings. The van der Waals surface area contributed by atoms with Gasteiger partial charge in [-0.2, -0.15) is 0 Å². The molecule has 10 N–H and O–H groups in total. The molecular formula is C12H35Mo4NO16. The SMILES string of the molecule is CCCCCCCCCCCCN.[O]=[Mo](=[O])([OH])[OH].[O]=[Mo](=[O])([OH])[OH].[O]=[Mo](=[O])([OH])[OH].[O]=[Mo](=[O])([OH])[OH]. The van der Waals surface area contributed by atoms with Crippen LogP contribution in [0.5, 0.6) is 0 Å². The molecule has 0 bridgehead atoms. The van der Waals surface area contributed by atoms with E-state index in [0.717, 1.165) is 6.54 Å². The number of nitrogens with two attached hydrogens (primary N) is 1. The minimum atomic E-state index is -5.52. The summed E-state index contributed by atoms with van der Waals surface area (Å²) in [4.78, 5) is 0. The van der Waals surface area contributed by atoms with Crippen molar-refractivity contribution in [1.29, 1.82) is 0 Å². The zero-order valence-corrected chi connectivity index (χ0v) is 25.9. The van der Waals surface area contributed by atoms with Gasteiger partial charge in [0, 0.05) is 0 Å². The summed E-state index contributed by atoms with van der Waals surface area (Å²) in [5.74, 6) is 0. The maximum absolute atomic E-state index is 8.85. The summed E-state index contributed by atoms with van der Waals surface area (Å²) in [6, 6.07) is 0. The van der Waals surface area contributed by atoms with E-state index in [1.165, 1.54) is 64.2 Å².